The van der Waals surface area contributed by atoms with Gasteiger partial charge in [0.15, 0.2) is 11.5 Å². The quantitative estimate of drug-likeness (QED) is 0.921. The van der Waals surface area contributed by atoms with E-state index in [1.165, 1.54) is 11.8 Å². The first kappa shape index (κ1) is 11.6. The maximum atomic E-state index is 11.3. The Bertz CT molecular complexity index is 616. The third-order valence-electron chi connectivity index (χ3n) is 3.33. The van der Waals surface area contributed by atoms with Gasteiger partial charge >= 0.3 is 5.97 Å². The first-order chi connectivity index (χ1) is 8.59. The SMILES string of the molecule is Cc1nc2ccc(SC3(C(=O)O)CCC3)cc2o1. The van der Waals surface area contributed by atoms with E-state index in [-0.39, 0.29) is 0 Å². The van der Waals surface area contributed by atoms with E-state index < -0.39 is 10.7 Å². The zero-order chi connectivity index (χ0) is 12.8. The molecule has 1 aromatic carbocycles. The summed E-state index contributed by atoms with van der Waals surface area (Å²) >= 11 is 1.42. The van der Waals surface area contributed by atoms with Crippen LogP contribution in [0.1, 0.15) is 25.2 Å². The molecule has 0 bridgehead atoms. The minimum atomic E-state index is -0.715. The molecule has 94 valence electrons. The lowest BCUT2D eigenvalue weighted by atomic mass is 9.84. The second-order valence-electron chi connectivity index (χ2n) is 4.62. The molecular formula is C13H13NO3S. The molecule has 4 nitrogen and oxygen atoms in total. The highest BCUT2D eigenvalue weighted by atomic mass is 32.2. The van der Waals surface area contributed by atoms with Crippen LogP contribution in [-0.2, 0) is 4.79 Å². The Morgan fingerprint density at radius 2 is 2.28 bits per heavy atom. The molecular weight excluding hydrogens is 250 g/mol. The summed E-state index contributed by atoms with van der Waals surface area (Å²) in [6, 6.07) is 5.67. The first-order valence-electron chi connectivity index (χ1n) is 5.89. The van der Waals surface area contributed by atoms with E-state index in [9.17, 15) is 9.90 Å². The van der Waals surface area contributed by atoms with E-state index in [2.05, 4.69) is 4.98 Å². The molecule has 0 saturated heterocycles. The highest BCUT2D eigenvalue weighted by molar-refractivity contribution is 8.01. The molecule has 0 atom stereocenters. The largest absolute Gasteiger partial charge is 0.480 e. The van der Waals surface area contributed by atoms with Crippen LogP contribution in [-0.4, -0.2) is 20.8 Å². The third-order valence-corrected chi connectivity index (χ3v) is 4.79. The number of carbonyl (C=O) groups is 1. The van der Waals surface area contributed by atoms with Crippen LogP contribution < -0.4 is 0 Å². The summed E-state index contributed by atoms with van der Waals surface area (Å²) in [5, 5.41) is 9.31. The van der Waals surface area contributed by atoms with Gasteiger partial charge in [0.25, 0.3) is 0 Å². The number of rotatable bonds is 3. The smallest absolute Gasteiger partial charge is 0.320 e. The molecule has 1 N–H and O–H groups in total. The second-order valence-corrected chi connectivity index (χ2v) is 6.07. The molecule has 1 heterocycles. The Balaban J connectivity index is 1.92. The van der Waals surface area contributed by atoms with Crippen molar-refractivity contribution in [1.82, 2.24) is 4.98 Å². The highest BCUT2D eigenvalue weighted by Crippen LogP contribution is 2.48. The van der Waals surface area contributed by atoms with Crippen molar-refractivity contribution in [1.29, 1.82) is 0 Å². The lowest BCUT2D eigenvalue weighted by Gasteiger charge is -2.36. The Morgan fingerprint density at radius 1 is 1.50 bits per heavy atom. The van der Waals surface area contributed by atoms with Gasteiger partial charge < -0.3 is 9.52 Å². The Kier molecular flexibility index (Phi) is 2.59. The van der Waals surface area contributed by atoms with Crippen molar-refractivity contribution < 1.29 is 14.3 Å². The summed E-state index contributed by atoms with van der Waals surface area (Å²) in [6.07, 6.45) is 2.46. The van der Waals surface area contributed by atoms with E-state index >= 15 is 0 Å². The monoisotopic (exact) mass is 263 g/mol. The summed E-state index contributed by atoms with van der Waals surface area (Å²) in [4.78, 5) is 16.5. The topological polar surface area (TPSA) is 63.3 Å². The molecule has 0 amide bonds. The van der Waals surface area contributed by atoms with Gasteiger partial charge in [0.2, 0.25) is 0 Å². The van der Waals surface area contributed by atoms with Gasteiger partial charge in [-0.15, -0.1) is 11.8 Å². The van der Waals surface area contributed by atoms with E-state index in [0.29, 0.717) is 5.89 Å². The molecule has 1 aliphatic carbocycles. The van der Waals surface area contributed by atoms with E-state index in [0.717, 1.165) is 35.3 Å². The molecule has 3 rings (SSSR count). The molecule has 0 spiro atoms. The van der Waals surface area contributed by atoms with Crippen molar-refractivity contribution in [3.05, 3.63) is 24.1 Å². The van der Waals surface area contributed by atoms with Crippen molar-refractivity contribution in [2.24, 2.45) is 0 Å². The summed E-state index contributed by atoms with van der Waals surface area (Å²) in [7, 11) is 0. The average Bonchev–Trinajstić information content (AvgIpc) is 2.62. The van der Waals surface area contributed by atoms with Crippen LogP contribution in [0.3, 0.4) is 0 Å². The molecule has 0 aliphatic heterocycles. The van der Waals surface area contributed by atoms with Gasteiger partial charge in [-0.25, -0.2) is 4.98 Å². The zero-order valence-electron chi connectivity index (χ0n) is 9.97. The molecule has 0 unspecified atom stereocenters. The second kappa shape index (κ2) is 4.02. The van der Waals surface area contributed by atoms with E-state index in [4.69, 9.17) is 4.42 Å². The van der Waals surface area contributed by atoms with Crippen molar-refractivity contribution in [2.45, 2.75) is 35.8 Å². The molecule has 2 aromatic rings. The maximum absolute atomic E-state index is 11.3. The summed E-state index contributed by atoms with van der Waals surface area (Å²) in [6.45, 7) is 1.80. The van der Waals surface area contributed by atoms with E-state index in [1.807, 2.05) is 18.2 Å². The Labute approximate surface area is 108 Å². The molecule has 1 fully saturated rings. The average molecular weight is 263 g/mol. The summed E-state index contributed by atoms with van der Waals surface area (Å²) in [5.74, 6) is -0.0867. The minimum Gasteiger partial charge on any atom is -0.480 e. The van der Waals surface area contributed by atoms with Crippen molar-refractivity contribution in [2.75, 3.05) is 0 Å². The van der Waals surface area contributed by atoms with Crippen molar-refractivity contribution >= 4 is 28.8 Å². The maximum Gasteiger partial charge on any atom is 0.320 e. The number of aliphatic carboxylic acids is 1. The van der Waals surface area contributed by atoms with Crippen LogP contribution >= 0.6 is 11.8 Å². The van der Waals surface area contributed by atoms with Crippen molar-refractivity contribution in [3.63, 3.8) is 0 Å². The number of aryl methyl sites for hydroxylation is 1. The summed E-state index contributed by atoms with van der Waals surface area (Å²) in [5.41, 5.74) is 1.53. The van der Waals surface area contributed by atoms with Gasteiger partial charge in [0.1, 0.15) is 10.3 Å². The predicted molar refractivity (Wildman–Crippen MR) is 68.8 cm³/mol. The van der Waals surface area contributed by atoms with Gasteiger partial charge in [0, 0.05) is 11.8 Å². The number of carboxylic acid groups (broad SMARTS) is 1. The molecule has 0 radical (unpaired) electrons. The van der Waals surface area contributed by atoms with Crippen molar-refractivity contribution in [3.8, 4) is 0 Å². The first-order valence-corrected chi connectivity index (χ1v) is 6.70. The number of oxazole rings is 1. The standard InChI is InChI=1S/C13H13NO3S/c1-8-14-10-4-3-9(7-11(10)17-8)18-13(12(15)16)5-2-6-13/h3-4,7H,2,5-6H2,1H3,(H,15,16). The number of benzene rings is 1. The Morgan fingerprint density at radius 3 is 2.89 bits per heavy atom. The van der Waals surface area contributed by atoms with Crippen LogP contribution in [0.15, 0.2) is 27.5 Å². The Hall–Kier alpha value is -1.49. The molecule has 5 heteroatoms. The van der Waals surface area contributed by atoms with Crippen LogP contribution in [0, 0.1) is 6.92 Å². The number of thioether (sulfide) groups is 1. The van der Waals surface area contributed by atoms with Gasteiger partial charge in [-0.1, -0.05) is 0 Å². The summed E-state index contributed by atoms with van der Waals surface area (Å²) < 4.78 is 4.83. The number of hydrogen-bond donors (Lipinski definition) is 1. The lowest BCUT2D eigenvalue weighted by molar-refractivity contribution is -0.142. The molecule has 1 saturated carbocycles. The third kappa shape index (κ3) is 1.79. The number of aromatic nitrogens is 1. The number of carboxylic acids is 1. The van der Waals surface area contributed by atoms with Gasteiger partial charge in [-0.05, 0) is 37.5 Å². The molecule has 1 aliphatic rings. The van der Waals surface area contributed by atoms with Crippen LogP contribution in [0.5, 0.6) is 0 Å². The minimum absolute atomic E-state index is 0.628. The van der Waals surface area contributed by atoms with Gasteiger partial charge in [-0.3, -0.25) is 4.79 Å². The fourth-order valence-corrected chi connectivity index (χ4v) is 3.50. The van der Waals surface area contributed by atoms with Crippen LogP contribution in [0.2, 0.25) is 0 Å². The molecule has 18 heavy (non-hydrogen) atoms. The van der Waals surface area contributed by atoms with E-state index in [1.54, 1.807) is 6.92 Å². The number of hydrogen-bond acceptors (Lipinski definition) is 4. The predicted octanol–water partition coefficient (Wildman–Crippen LogP) is 3.24. The normalized spacial score (nSPS) is 17.6. The van der Waals surface area contributed by atoms with Gasteiger partial charge in [0.05, 0.1) is 0 Å². The number of nitrogens with zero attached hydrogens (tertiary/aromatic N) is 1. The highest BCUT2D eigenvalue weighted by Gasteiger charge is 2.45. The van der Waals surface area contributed by atoms with Gasteiger partial charge in [-0.2, -0.15) is 0 Å². The van der Waals surface area contributed by atoms with Crippen LogP contribution in [0.4, 0.5) is 0 Å². The fraction of sp³-hybridized carbons (Fsp3) is 0.385. The molecule has 1 aromatic heterocycles. The van der Waals surface area contributed by atoms with Crippen LogP contribution in [0.25, 0.3) is 11.1 Å². The number of fused-ring (bicyclic) bond motifs is 1. The fourth-order valence-electron chi connectivity index (χ4n) is 2.17. The lowest BCUT2D eigenvalue weighted by Crippen LogP contribution is -2.41. The zero-order valence-corrected chi connectivity index (χ0v) is 10.8.